The van der Waals surface area contributed by atoms with Crippen LogP contribution in [0, 0.1) is 0 Å². The third-order valence-corrected chi connectivity index (χ3v) is 19.0. The predicted octanol–water partition coefficient (Wildman–Crippen LogP) is 22.9. The number of furan rings is 4. The lowest BCUT2D eigenvalue weighted by Crippen LogP contribution is -2.26. The molecule has 0 fully saturated rings. The van der Waals surface area contributed by atoms with Gasteiger partial charge < -0.3 is 27.5 Å². The van der Waals surface area contributed by atoms with Crippen LogP contribution in [-0.2, 0) is 5.41 Å². The predicted molar refractivity (Wildman–Crippen MR) is 356 cm³/mol. The van der Waals surface area contributed by atoms with Gasteiger partial charge in [-0.05, 0) is 200 Å². The summed E-state index contributed by atoms with van der Waals surface area (Å²) in [6.45, 7) is 0. The zero-order valence-electron chi connectivity index (χ0n) is 46.6. The van der Waals surface area contributed by atoms with Crippen LogP contribution in [0.3, 0.4) is 0 Å². The van der Waals surface area contributed by atoms with Gasteiger partial charge in [-0.3, -0.25) is 0 Å². The first-order valence-electron chi connectivity index (χ1n) is 29.7. The van der Waals surface area contributed by atoms with E-state index in [-0.39, 0.29) is 0 Å². The van der Waals surface area contributed by atoms with E-state index in [4.69, 9.17) is 17.7 Å². The summed E-state index contributed by atoms with van der Waals surface area (Å²) in [6.07, 6.45) is 0. The van der Waals surface area contributed by atoms with Crippen molar-refractivity contribution in [2.45, 2.75) is 5.41 Å². The summed E-state index contributed by atoms with van der Waals surface area (Å²) < 4.78 is 25.6. The molecule has 87 heavy (non-hydrogen) atoms. The molecule has 6 heteroatoms. The van der Waals surface area contributed by atoms with Gasteiger partial charge in [-0.1, -0.05) is 146 Å². The minimum atomic E-state index is -0.635. The molecule has 4 heterocycles. The summed E-state index contributed by atoms with van der Waals surface area (Å²) in [5.41, 5.74) is 22.7. The van der Waals surface area contributed by atoms with Gasteiger partial charge in [0.05, 0.1) is 5.41 Å². The molecule has 0 aliphatic heterocycles. The topological polar surface area (TPSA) is 59.0 Å². The zero-order valence-corrected chi connectivity index (χ0v) is 46.6. The Balaban J connectivity index is 0.799. The van der Waals surface area contributed by atoms with E-state index in [0.29, 0.717) is 0 Å². The Morgan fingerprint density at radius 2 is 0.563 bits per heavy atom. The van der Waals surface area contributed by atoms with E-state index in [1.807, 2.05) is 48.5 Å². The summed E-state index contributed by atoms with van der Waals surface area (Å²) in [5, 5.41) is 13.3. The molecule has 404 valence electrons. The van der Waals surface area contributed by atoms with E-state index in [1.54, 1.807) is 0 Å². The van der Waals surface area contributed by atoms with Crippen molar-refractivity contribution >= 4 is 143 Å². The average Bonchev–Trinajstić information content (AvgIpc) is 1.54. The van der Waals surface area contributed by atoms with Crippen LogP contribution in [-0.4, -0.2) is 0 Å². The highest BCUT2D eigenvalue weighted by atomic mass is 16.3. The molecule has 18 aromatic rings. The molecule has 2 aliphatic rings. The first kappa shape index (κ1) is 46.8. The summed E-state index contributed by atoms with van der Waals surface area (Å²) >= 11 is 0. The summed E-state index contributed by atoms with van der Waals surface area (Å²) in [7, 11) is 0. The molecule has 0 bridgehead atoms. The van der Waals surface area contributed by atoms with Crippen LogP contribution >= 0.6 is 0 Å². The third-order valence-electron chi connectivity index (χ3n) is 19.0. The lowest BCUT2D eigenvalue weighted by atomic mass is 9.69. The van der Waals surface area contributed by atoms with Gasteiger partial charge >= 0.3 is 0 Å². The molecule has 0 N–H and O–H groups in total. The van der Waals surface area contributed by atoms with E-state index < -0.39 is 5.41 Å². The largest absolute Gasteiger partial charge is 0.456 e. The number of benzene rings is 14. The summed E-state index contributed by atoms with van der Waals surface area (Å²) in [5.74, 6) is 0. The highest BCUT2D eigenvalue weighted by molar-refractivity contribution is 6.13. The first-order chi connectivity index (χ1) is 43.1. The number of hydrogen-bond donors (Lipinski definition) is 0. The second-order valence-corrected chi connectivity index (χ2v) is 23.4. The zero-order chi connectivity index (χ0) is 56.6. The fraction of sp³-hybridized carbons (Fsp3) is 0.0123. The molecular weight excluding hydrogens is 1060 g/mol. The van der Waals surface area contributed by atoms with Gasteiger partial charge in [-0.2, -0.15) is 0 Å². The Hall–Kier alpha value is -11.6. The lowest BCUT2D eigenvalue weighted by molar-refractivity contribution is 0.668. The van der Waals surface area contributed by atoms with Gasteiger partial charge in [0.15, 0.2) is 0 Å². The SMILES string of the molecule is c1ccc2c(c1)-c1ccccc1C21c2cc3cc(N(c4ccc5oc6ccccc6c5c4)c4ccc5oc6ccccc6c5c4)ccc3cc2-c2ccc3cc(N(c4ccc5oc6ccccc6c5c4)c4ccc5oc6ccccc6c5c4)ccc3c21. The van der Waals surface area contributed by atoms with Crippen molar-refractivity contribution in [3.05, 3.63) is 301 Å². The number of rotatable bonds is 6. The number of para-hydroxylation sites is 4. The summed E-state index contributed by atoms with van der Waals surface area (Å²) in [4.78, 5) is 4.78. The fourth-order valence-corrected chi connectivity index (χ4v) is 15.3. The fourth-order valence-electron chi connectivity index (χ4n) is 15.3. The lowest BCUT2D eigenvalue weighted by Gasteiger charge is -2.32. The molecular formula is C81H46N2O4. The van der Waals surface area contributed by atoms with Gasteiger partial charge in [0.25, 0.3) is 0 Å². The Morgan fingerprint density at radius 3 is 1.02 bits per heavy atom. The van der Waals surface area contributed by atoms with Crippen molar-refractivity contribution in [1.29, 1.82) is 0 Å². The average molecular weight is 1110 g/mol. The number of hydrogen-bond acceptors (Lipinski definition) is 6. The Bertz CT molecular complexity index is 5740. The quantitative estimate of drug-likeness (QED) is 0.165. The monoisotopic (exact) mass is 1110 g/mol. The smallest absolute Gasteiger partial charge is 0.135 e. The van der Waals surface area contributed by atoms with Crippen LogP contribution in [0.25, 0.3) is 132 Å². The molecule has 0 amide bonds. The molecule has 4 aromatic heterocycles. The molecule has 0 unspecified atom stereocenters. The van der Waals surface area contributed by atoms with E-state index in [0.717, 1.165) is 133 Å². The van der Waals surface area contributed by atoms with Crippen LogP contribution < -0.4 is 9.80 Å². The molecule has 20 rings (SSSR count). The van der Waals surface area contributed by atoms with Crippen LogP contribution in [0.5, 0.6) is 0 Å². The van der Waals surface area contributed by atoms with Crippen LogP contribution in [0.1, 0.15) is 22.3 Å². The molecule has 6 nitrogen and oxygen atoms in total. The standard InChI is InChI=1S/C81H46N2O4/c1-7-19-69-57(13-1)58-14-2-8-20-70(58)81(69)71-42-49-40-50(82(52-29-35-76-65(43-52)59-15-3-9-21-72(59)84-76)53-30-36-77-66(44-53)60-16-4-10-22-73(60)85-77)27-25-47(49)41-64(71)63-33-26-48-39-51(28-34-56(48)80(63)81)83(54-31-37-78-67(45-54)61-17-5-11-23-74(61)86-78)55-32-38-79-68(46-55)62-18-6-12-24-75(62)87-79/h1-46H. The molecule has 0 saturated carbocycles. The van der Waals surface area contributed by atoms with Crippen molar-refractivity contribution < 1.29 is 17.7 Å². The highest BCUT2D eigenvalue weighted by Crippen LogP contribution is 2.65. The van der Waals surface area contributed by atoms with Crippen LogP contribution in [0.15, 0.2) is 297 Å². The van der Waals surface area contributed by atoms with Crippen molar-refractivity contribution in [2.75, 3.05) is 9.80 Å². The van der Waals surface area contributed by atoms with Crippen LogP contribution in [0.4, 0.5) is 34.1 Å². The first-order valence-corrected chi connectivity index (χ1v) is 29.7. The maximum absolute atomic E-state index is 6.40. The molecule has 1 spiro atoms. The normalized spacial score (nSPS) is 13.1. The minimum absolute atomic E-state index is 0.635. The molecule has 14 aromatic carbocycles. The van der Waals surface area contributed by atoms with Crippen molar-refractivity contribution in [2.24, 2.45) is 0 Å². The molecule has 0 radical (unpaired) electrons. The Morgan fingerprint density at radius 1 is 0.207 bits per heavy atom. The number of anilines is 6. The van der Waals surface area contributed by atoms with Crippen molar-refractivity contribution in [3.8, 4) is 22.3 Å². The number of nitrogens with zero attached hydrogens (tertiary/aromatic N) is 2. The second kappa shape index (κ2) is 17.3. The van der Waals surface area contributed by atoms with E-state index in [1.165, 1.54) is 55.3 Å². The van der Waals surface area contributed by atoms with Crippen molar-refractivity contribution in [1.82, 2.24) is 0 Å². The van der Waals surface area contributed by atoms with Crippen LogP contribution in [0.2, 0.25) is 0 Å². The minimum Gasteiger partial charge on any atom is -0.456 e. The molecule has 0 atom stereocenters. The van der Waals surface area contributed by atoms with Gasteiger partial charge in [0, 0.05) is 77.2 Å². The van der Waals surface area contributed by atoms with Gasteiger partial charge in [0.2, 0.25) is 0 Å². The Labute approximate surface area is 497 Å². The molecule has 0 saturated heterocycles. The van der Waals surface area contributed by atoms with E-state index in [2.05, 4.69) is 240 Å². The Kier molecular flexibility index (Phi) is 9.29. The number of fused-ring (bicyclic) bond motifs is 25. The summed E-state index contributed by atoms with van der Waals surface area (Å²) in [6, 6.07) is 102. The van der Waals surface area contributed by atoms with Gasteiger partial charge in [-0.15, -0.1) is 0 Å². The van der Waals surface area contributed by atoms with E-state index >= 15 is 0 Å². The van der Waals surface area contributed by atoms with Gasteiger partial charge in [-0.25, -0.2) is 0 Å². The maximum atomic E-state index is 6.40. The maximum Gasteiger partial charge on any atom is 0.135 e. The van der Waals surface area contributed by atoms with Gasteiger partial charge in [0.1, 0.15) is 44.7 Å². The highest BCUT2D eigenvalue weighted by Gasteiger charge is 2.52. The third kappa shape index (κ3) is 6.48. The molecule has 2 aliphatic carbocycles. The van der Waals surface area contributed by atoms with Crippen molar-refractivity contribution in [3.63, 3.8) is 0 Å². The van der Waals surface area contributed by atoms with E-state index in [9.17, 15) is 0 Å². The second-order valence-electron chi connectivity index (χ2n) is 23.4.